The molecule has 20 heavy (non-hydrogen) atoms. The molecule has 1 atom stereocenters. The average Bonchev–Trinajstić information content (AvgIpc) is 2.36. The van der Waals surface area contributed by atoms with Crippen molar-refractivity contribution in [2.24, 2.45) is 0 Å². The van der Waals surface area contributed by atoms with E-state index in [1.165, 1.54) is 13.8 Å². The predicted octanol–water partition coefficient (Wildman–Crippen LogP) is 2.50. The first kappa shape index (κ1) is 15.9. The number of carboxylic acid groups (broad SMARTS) is 1. The summed E-state index contributed by atoms with van der Waals surface area (Å²) >= 11 is 0. The van der Waals surface area contributed by atoms with E-state index < -0.39 is 23.8 Å². The molecule has 0 aromatic heterocycles. The fourth-order valence-corrected chi connectivity index (χ4v) is 1.62. The summed E-state index contributed by atoms with van der Waals surface area (Å²) in [5.41, 5.74) is -0.180. The number of rotatable bonds is 6. The highest BCUT2D eigenvalue weighted by atomic mass is 19.1. The molecule has 110 valence electrons. The van der Waals surface area contributed by atoms with Gasteiger partial charge in [-0.05, 0) is 19.4 Å². The Morgan fingerprint density at radius 2 is 1.95 bits per heavy atom. The maximum atomic E-state index is 13.1. The number of benzene rings is 1. The van der Waals surface area contributed by atoms with E-state index in [-0.39, 0.29) is 13.0 Å². The second-order valence-electron chi connectivity index (χ2n) is 5.08. The second kappa shape index (κ2) is 6.88. The highest BCUT2D eigenvalue weighted by molar-refractivity contribution is 5.72. The number of carbonyl (C=O) groups is 2. The molecule has 0 heterocycles. The summed E-state index contributed by atoms with van der Waals surface area (Å²) in [7, 11) is 0. The van der Waals surface area contributed by atoms with E-state index in [0.29, 0.717) is 0 Å². The fourth-order valence-electron chi connectivity index (χ4n) is 1.62. The Balaban J connectivity index is 2.42. The summed E-state index contributed by atoms with van der Waals surface area (Å²) in [6.45, 7) is 3.17. The van der Waals surface area contributed by atoms with E-state index in [4.69, 9.17) is 9.84 Å². The van der Waals surface area contributed by atoms with Crippen LogP contribution in [0.5, 0.6) is 0 Å². The standard InChI is InChI=1S/C14H18FNO4/c1-14(2,8-11(15)12(17)18)16-13(19)20-9-10-6-4-3-5-7-10/h3-7,11H,8-9H2,1-2H3,(H,16,19)(H,17,18). The normalized spacial score (nSPS) is 12.6. The van der Waals surface area contributed by atoms with Crippen LogP contribution >= 0.6 is 0 Å². The van der Waals surface area contributed by atoms with Gasteiger partial charge in [-0.3, -0.25) is 0 Å². The minimum Gasteiger partial charge on any atom is -0.479 e. The molecule has 1 aromatic rings. The number of amides is 1. The Morgan fingerprint density at radius 1 is 1.35 bits per heavy atom. The SMILES string of the molecule is CC(C)(CC(F)C(=O)O)NC(=O)OCc1ccccc1. The van der Waals surface area contributed by atoms with Crippen LogP contribution in [0.2, 0.25) is 0 Å². The van der Waals surface area contributed by atoms with Crippen LogP contribution in [0.1, 0.15) is 25.8 Å². The van der Waals surface area contributed by atoms with Crippen molar-refractivity contribution in [3.05, 3.63) is 35.9 Å². The summed E-state index contributed by atoms with van der Waals surface area (Å²) < 4.78 is 18.1. The van der Waals surface area contributed by atoms with Crippen LogP contribution in [0.15, 0.2) is 30.3 Å². The number of hydrogen-bond donors (Lipinski definition) is 2. The second-order valence-corrected chi connectivity index (χ2v) is 5.08. The van der Waals surface area contributed by atoms with Crippen molar-refractivity contribution in [3.8, 4) is 0 Å². The Hall–Kier alpha value is -2.11. The zero-order valence-electron chi connectivity index (χ0n) is 11.4. The van der Waals surface area contributed by atoms with Crippen molar-refractivity contribution in [1.29, 1.82) is 0 Å². The number of alkyl carbamates (subject to hydrolysis) is 1. The quantitative estimate of drug-likeness (QED) is 0.841. The van der Waals surface area contributed by atoms with Crippen LogP contribution in [-0.2, 0) is 16.1 Å². The van der Waals surface area contributed by atoms with Crippen molar-refractivity contribution < 1.29 is 23.8 Å². The maximum Gasteiger partial charge on any atom is 0.407 e. The van der Waals surface area contributed by atoms with Crippen LogP contribution in [0.4, 0.5) is 9.18 Å². The lowest BCUT2D eigenvalue weighted by atomic mass is 9.98. The van der Waals surface area contributed by atoms with E-state index in [1.54, 1.807) is 12.1 Å². The van der Waals surface area contributed by atoms with Gasteiger partial charge < -0.3 is 15.2 Å². The molecule has 0 saturated carbocycles. The predicted molar refractivity (Wildman–Crippen MR) is 71.0 cm³/mol. The summed E-state index contributed by atoms with van der Waals surface area (Å²) in [5, 5.41) is 11.0. The number of halogens is 1. The van der Waals surface area contributed by atoms with Gasteiger partial charge in [0.25, 0.3) is 0 Å². The van der Waals surface area contributed by atoms with E-state index in [0.717, 1.165) is 5.56 Å². The lowest BCUT2D eigenvalue weighted by Crippen LogP contribution is -2.46. The molecule has 1 amide bonds. The Kier molecular flexibility index (Phi) is 5.49. The summed E-state index contributed by atoms with van der Waals surface area (Å²) in [6.07, 6.45) is -3.07. The Labute approximate surface area is 116 Å². The smallest absolute Gasteiger partial charge is 0.407 e. The molecule has 0 fully saturated rings. The zero-order valence-corrected chi connectivity index (χ0v) is 11.4. The Morgan fingerprint density at radius 3 is 2.50 bits per heavy atom. The molecule has 2 N–H and O–H groups in total. The molecule has 5 nitrogen and oxygen atoms in total. The first-order chi connectivity index (χ1) is 9.30. The molecule has 0 bridgehead atoms. The lowest BCUT2D eigenvalue weighted by molar-refractivity contribution is -0.143. The molecule has 0 spiro atoms. The van der Waals surface area contributed by atoms with Crippen molar-refractivity contribution >= 4 is 12.1 Å². The molecule has 1 rings (SSSR count). The van der Waals surface area contributed by atoms with Crippen molar-refractivity contribution in [3.63, 3.8) is 0 Å². The van der Waals surface area contributed by atoms with Gasteiger partial charge in [-0.1, -0.05) is 30.3 Å². The van der Waals surface area contributed by atoms with Gasteiger partial charge in [-0.25, -0.2) is 14.0 Å². The monoisotopic (exact) mass is 283 g/mol. The molecule has 0 aliphatic carbocycles. The lowest BCUT2D eigenvalue weighted by Gasteiger charge is -2.26. The molecule has 0 saturated heterocycles. The summed E-state index contributed by atoms with van der Waals surface area (Å²) in [6, 6.07) is 9.10. The van der Waals surface area contributed by atoms with Gasteiger partial charge >= 0.3 is 12.1 Å². The molecule has 0 aliphatic heterocycles. The molecular weight excluding hydrogens is 265 g/mol. The number of alkyl halides is 1. The topological polar surface area (TPSA) is 75.6 Å². The van der Waals surface area contributed by atoms with Gasteiger partial charge in [-0.2, -0.15) is 0 Å². The van der Waals surface area contributed by atoms with Gasteiger partial charge in [-0.15, -0.1) is 0 Å². The zero-order chi connectivity index (χ0) is 15.2. The van der Waals surface area contributed by atoms with Gasteiger partial charge in [0, 0.05) is 12.0 Å². The van der Waals surface area contributed by atoms with Gasteiger partial charge in [0.05, 0.1) is 0 Å². The molecular formula is C14H18FNO4. The third-order valence-electron chi connectivity index (χ3n) is 2.61. The molecule has 0 aliphatic rings. The number of ether oxygens (including phenoxy) is 1. The van der Waals surface area contributed by atoms with Crippen LogP contribution < -0.4 is 5.32 Å². The van der Waals surface area contributed by atoms with E-state index in [2.05, 4.69) is 5.32 Å². The fraction of sp³-hybridized carbons (Fsp3) is 0.429. The number of hydrogen-bond acceptors (Lipinski definition) is 3. The number of aliphatic carboxylic acids is 1. The third kappa shape index (κ3) is 5.69. The van der Waals surface area contributed by atoms with Crippen molar-refractivity contribution in [1.82, 2.24) is 5.32 Å². The maximum absolute atomic E-state index is 13.1. The van der Waals surface area contributed by atoms with Crippen molar-refractivity contribution in [2.75, 3.05) is 0 Å². The van der Waals surface area contributed by atoms with Crippen LogP contribution in [0.25, 0.3) is 0 Å². The number of carbonyl (C=O) groups excluding carboxylic acids is 1. The molecule has 0 radical (unpaired) electrons. The summed E-state index contributed by atoms with van der Waals surface area (Å²) in [4.78, 5) is 22.0. The summed E-state index contributed by atoms with van der Waals surface area (Å²) in [5.74, 6) is -1.54. The van der Waals surface area contributed by atoms with E-state index in [1.807, 2.05) is 18.2 Å². The largest absolute Gasteiger partial charge is 0.479 e. The van der Waals surface area contributed by atoms with E-state index in [9.17, 15) is 14.0 Å². The third-order valence-corrected chi connectivity index (χ3v) is 2.61. The van der Waals surface area contributed by atoms with Crippen LogP contribution in [0.3, 0.4) is 0 Å². The first-order valence-corrected chi connectivity index (χ1v) is 6.16. The highest BCUT2D eigenvalue weighted by Crippen LogP contribution is 2.14. The molecule has 6 heteroatoms. The number of nitrogens with one attached hydrogen (secondary N) is 1. The van der Waals surface area contributed by atoms with Crippen molar-refractivity contribution in [2.45, 2.75) is 38.6 Å². The average molecular weight is 283 g/mol. The van der Waals surface area contributed by atoms with Gasteiger partial charge in [0.1, 0.15) is 6.61 Å². The Bertz CT molecular complexity index is 462. The molecule has 1 aromatic carbocycles. The van der Waals surface area contributed by atoms with E-state index >= 15 is 0 Å². The van der Waals surface area contributed by atoms with Crippen LogP contribution in [0, 0.1) is 0 Å². The van der Waals surface area contributed by atoms with Gasteiger partial charge in [0.2, 0.25) is 0 Å². The number of carboxylic acids is 1. The van der Waals surface area contributed by atoms with Crippen LogP contribution in [-0.4, -0.2) is 28.9 Å². The molecule has 1 unspecified atom stereocenters. The first-order valence-electron chi connectivity index (χ1n) is 6.16. The minimum absolute atomic E-state index is 0.0980. The minimum atomic E-state index is -2.03. The highest BCUT2D eigenvalue weighted by Gasteiger charge is 2.29. The van der Waals surface area contributed by atoms with Gasteiger partial charge in [0.15, 0.2) is 6.17 Å².